The molecule has 0 saturated carbocycles. The number of hydrogen-bond donors (Lipinski definition) is 1. The topological polar surface area (TPSA) is 61.6 Å². The standard InChI is InChI=1S/C10H17NO3/c1-13-8-4-2-3-5-9(7-6-8)14-10(11)12/h3,5,8-9H,2,4,6-7H2,1H3,(H2,11,12). The predicted molar refractivity (Wildman–Crippen MR) is 52.9 cm³/mol. The number of nitrogens with two attached hydrogens (primary N) is 1. The molecule has 0 aliphatic heterocycles. The lowest BCUT2D eigenvalue weighted by atomic mass is 10.0. The Morgan fingerprint density at radius 3 is 2.86 bits per heavy atom. The van der Waals surface area contributed by atoms with E-state index in [4.69, 9.17) is 15.2 Å². The maximum absolute atomic E-state index is 10.6. The molecule has 1 aliphatic carbocycles. The number of methoxy groups -OCH3 is 1. The van der Waals surface area contributed by atoms with Crippen LogP contribution in [0.5, 0.6) is 0 Å². The summed E-state index contributed by atoms with van der Waals surface area (Å²) < 4.78 is 10.2. The molecule has 1 rings (SSSR count). The zero-order valence-corrected chi connectivity index (χ0v) is 8.44. The summed E-state index contributed by atoms with van der Waals surface area (Å²) in [4.78, 5) is 10.6. The maximum Gasteiger partial charge on any atom is 0.405 e. The fourth-order valence-corrected chi connectivity index (χ4v) is 1.60. The van der Waals surface area contributed by atoms with Gasteiger partial charge in [-0.25, -0.2) is 4.79 Å². The van der Waals surface area contributed by atoms with E-state index in [0.29, 0.717) is 0 Å². The van der Waals surface area contributed by atoms with Crippen LogP contribution in [-0.2, 0) is 9.47 Å². The van der Waals surface area contributed by atoms with E-state index in [-0.39, 0.29) is 12.2 Å². The Bertz CT molecular complexity index is 215. The van der Waals surface area contributed by atoms with Gasteiger partial charge >= 0.3 is 6.09 Å². The summed E-state index contributed by atoms with van der Waals surface area (Å²) in [5, 5.41) is 0. The van der Waals surface area contributed by atoms with Crippen LogP contribution in [0, 0.1) is 0 Å². The molecule has 0 fully saturated rings. The van der Waals surface area contributed by atoms with E-state index < -0.39 is 6.09 Å². The summed E-state index contributed by atoms with van der Waals surface area (Å²) >= 11 is 0. The number of allylic oxidation sites excluding steroid dienone is 1. The highest BCUT2D eigenvalue weighted by molar-refractivity contribution is 5.65. The van der Waals surface area contributed by atoms with Crippen LogP contribution in [0.4, 0.5) is 4.79 Å². The van der Waals surface area contributed by atoms with Gasteiger partial charge in [-0.3, -0.25) is 0 Å². The van der Waals surface area contributed by atoms with Crippen molar-refractivity contribution in [3.05, 3.63) is 12.2 Å². The zero-order chi connectivity index (χ0) is 10.4. The van der Waals surface area contributed by atoms with E-state index >= 15 is 0 Å². The molecule has 14 heavy (non-hydrogen) atoms. The van der Waals surface area contributed by atoms with Crippen molar-refractivity contribution in [3.8, 4) is 0 Å². The van der Waals surface area contributed by atoms with Gasteiger partial charge in [-0.2, -0.15) is 0 Å². The molecule has 0 aromatic heterocycles. The van der Waals surface area contributed by atoms with Crippen molar-refractivity contribution in [2.45, 2.75) is 37.9 Å². The third-order valence-electron chi connectivity index (χ3n) is 2.38. The summed E-state index contributed by atoms with van der Waals surface area (Å²) in [6.45, 7) is 0. The minimum absolute atomic E-state index is 0.189. The first-order chi connectivity index (χ1) is 6.72. The van der Waals surface area contributed by atoms with Gasteiger partial charge in [-0.15, -0.1) is 0 Å². The zero-order valence-electron chi connectivity index (χ0n) is 8.44. The van der Waals surface area contributed by atoms with Crippen molar-refractivity contribution in [3.63, 3.8) is 0 Å². The smallest absolute Gasteiger partial charge is 0.405 e. The highest BCUT2D eigenvalue weighted by atomic mass is 16.6. The predicted octanol–water partition coefficient (Wildman–Crippen LogP) is 1.60. The maximum atomic E-state index is 10.6. The molecule has 1 aliphatic rings. The van der Waals surface area contributed by atoms with Crippen molar-refractivity contribution >= 4 is 6.09 Å². The van der Waals surface area contributed by atoms with Crippen LogP contribution in [0.15, 0.2) is 12.2 Å². The number of carbonyl (C=O) groups is 1. The van der Waals surface area contributed by atoms with Crippen LogP contribution in [0.1, 0.15) is 25.7 Å². The number of carbonyl (C=O) groups excluding carboxylic acids is 1. The Kier molecular flexibility index (Phi) is 4.46. The molecular formula is C10H17NO3. The van der Waals surface area contributed by atoms with Gasteiger partial charge in [0, 0.05) is 7.11 Å². The van der Waals surface area contributed by atoms with Crippen molar-refractivity contribution in [1.29, 1.82) is 0 Å². The molecule has 1 amide bonds. The van der Waals surface area contributed by atoms with E-state index in [2.05, 4.69) is 0 Å². The Hall–Kier alpha value is -1.03. The molecule has 2 atom stereocenters. The highest BCUT2D eigenvalue weighted by Gasteiger charge is 2.15. The molecular weight excluding hydrogens is 182 g/mol. The van der Waals surface area contributed by atoms with Gasteiger partial charge in [-0.05, 0) is 31.8 Å². The van der Waals surface area contributed by atoms with Gasteiger partial charge in [0.05, 0.1) is 6.10 Å². The van der Waals surface area contributed by atoms with Gasteiger partial charge in [0.25, 0.3) is 0 Å². The summed E-state index contributed by atoms with van der Waals surface area (Å²) in [6.07, 6.45) is 6.93. The van der Waals surface area contributed by atoms with Crippen molar-refractivity contribution in [2.75, 3.05) is 7.11 Å². The third-order valence-corrected chi connectivity index (χ3v) is 2.38. The number of hydrogen-bond acceptors (Lipinski definition) is 3. The van der Waals surface area contributed by atoms with Crippen LogP contribution in [0.3, 0.4) is 0 Å². The Morgan fingerprint density at radius 2 is 2.21 bits per heavy atom. The molecule has 0 bridgehead atoms. The SMILES string of the molecule is COC1CCC=CC(OC(N)=O)CC1. The molecule has 4 heteroatoms. The fourth-order valence-electron chi connectivity index (χ4n) is 1.60. The average Bonchev–Trinajstić information content (AvgIpc) is 2.10. The number of ether oxygens (including phenoxy) is 2. The average molecular weight is 199 g/mol. The third kappa shape index (κ3) is 3.79. The lowest BCUT2D eigenvalue weighted by Crippen LogP contribution is -2.24. The molecule has 0 aromatic carbocycles. The molecule has 0 radical (unpaired) electrons. The second-order valence-corrected chi connectivity index (χ2v) is 3.42. The summed E-state index contributed by atoms with van der Waals surface area (Å²) in [5.41, 5.74) is 4.95. The molecule has 2 unspecified atom stereocenters. The molecule has 0 spiro atoms. The van der Waals surface area contributed by atoms with Crippen LogP contribution >= 0.6 is 0 Å². The second kappa shape index (κ2) is 5.65. The Labute approximate surface area is 84.1 Å². The minimum atomic E-state index is -0.714. The van der Waals surface area contributed by atoms with Gasteiger partial charge in [0.2, 0.25) is 0 Å². The van der Waals surface area contributed by atoms with E-state index in [9.17, 15) is 4.79 Å². The first kappa shape index (κ1) is 11.0. The van der Waals surface area contributed by atoms with E-state index in [1.54, 1.807) is 7.11 Å². The van der Waals surface area contributed by atoms with Crippen LogP contribution in [-0.4, -0.2) is 25.4 Å². The summed E-state index contributed by atoms with van der Waals surface area (Å²) in [7, 11) is 1.71. The second-order valence-electron chi connectivity index (χ2n) is 3.42. The quantitative estimate of drug-likeness (QED) is 0.687. The molecule has 0 aromatic rings. The monoisotopic (exact) mass is 199 g/mol. The minimum Gasteiger partial charge on any atom is -0.442 e. The largest absolute Gasteiger partial charge is 0.442 e. The Morgan fingerprint density at radius 1 is 1.43 bits per heavy atom. The van der Waals surface area contributed by atoms with Crippen LogP contribution in [0.2, 0.25) is 0 Å². The molecule has 4 nitrogen and oxygen atoms in total. The Balaban J connectivity index is 2.44. The van der Waals surface area contributed by atoms with E-state index in [1.165, 1.54) is 0 Å². The molecule has 2 N–H and O–H groups in total. The summed E-state index contributed by atoms with van der Waals surface area (Å²) in [5.74, 6) is 0. The van der Waals surface area contributed by atoms with Gasteiger partial charge in [-0.1, -0.05) is 6.08 Å². The summed E-state index contributed by atoms with van der Waals surface area (Å²) in [6, 6.07) is 0. The van der Waals surface area contributed by atoms with E-state index in [1.807, 2.05) is 12.2 Å². The fraction of sp³-hybridized carbons (Fsp3) is 0.700. The van der Waals surface area contributed by atoms with Crippen LogP contribution in [0.25, 0.3) is 0 Å². The molecule has 0 saturated heterocycles. The normalized spacial score (nSPS) is 27.8. The van der Waals surface area contributed by atoms with Crippen molar-refractivity contribution in [2.24, 2.45) is 5.73 Å². The van der Waals surface area contributed by atoms with Gasteiger partial charge in [0.1, 0.15) is 6.10 Å². The van der Waals surface area contributed by atoms with Gasteiger partial charge < -0.3 is 15.2 Å². The lowest BCUT2D eigenvalue weighted by Gasteiger charge is -2.20. The van der Waals surface area contributed by atoms with Gasteiger partial charge in [0.15, 0.2) is 0 Å². The number of amides is 1. The first-order valence-electron chi connectivity index (χ1n) is 4.88. The lowest BCUT2D eigenvalue weighted by molar-refractivity contribution is 0.0663. The van der Waals surface area contributed by atoms with E-state index in [0.717, 1.165) is 25.7 Å². The van der Waals surface area contributed by atoms with Crippen LogP contribution < -0.4 is 5.73 Å². The van der Waals surface area contributed by atoms with Crippen molar-refractivity contribution in [1.82, 2.24) is 0 Å². The first-order valence-corrected chi connectivity index (χ1v) is 4.88. The highest BCUT2D eigenvalue weighted by Crippen LogP contribution is 2.16. The number of primary amides is 1. The molecule has 0 heterocycles. The van der Waals surface area contributed by atoms with Crippen molar-refractivity contribution < 1.29 is 14.3 Å². The number of rotatable bonds is 2. The molecule has 80 valence electrons.